The Morgan fingerprint density at radius 1 is 1.07 bits per heavy atom. The molecule has 82 valence electrons. The van der Waals surface area contributed by atoms with E-state index >= 15 is 0 Å². The monoisotopic (exact) mass is 270 g/mol. The van der Waals surface area contributed by atoms with E-state index in [1.807, 2.05) is 0 Å². The second-order valence-electron chi connectivity index (χ2n) is 4.71. The minimum atomic E-state index is 0.660. The Balaban J connectivity index is 1.87. The van der Waals surface area contributed by atoms with Crippen molar-refractivity contribution in [2.75, 3.05) is 25.6 Å². The molecule has 0 saturated carbocycles. The van der Waals surface area contributed by atoms with Crippen molar-refractivity contribution in [3.63, 3.8) is 0 Å². The molecule has 0 aromatic heterocycles. The third-order valence-corrected chi connectivity index (χ3v) is 6.03. The van der Waals surface area contributed by atoms with Gasteiger partial charge in [-0.3, -0.25) is 0 Å². The molecule has 1 aromatic rings. The fraction of sp³-hybridized carbons (Fsp3) is 0.538. The van der Waals surface area contributed by atoms with E-state index in [-0.39, 0.29) is 0 Å². The first-order chi connectivity index (χ1) is 7.29. The molecule has 1 aromatic carbocycles. The summed E-state index contributed by atoms with van der Waals surface area (Å²) in [6, 6.07) is 11.0. The number of rotatable bonds is 3. The van der Waals surface area contributed by atoms with Crippen LogP contribution in [0.5, 0.6) is 0 Å². The number of quaternary nitrogens is 1. The molecule has 0 atom stereocenters. The summed E-state index contributed by atoms with van der Waals surface area (Å²) in [4.78, 5) is 0. The number of hydrogen-bond acceptors (Lipinski definition) is 0. The van der Waals surface area contributed by atoms with Gasteiger partial charge in [0.15, 0.2) is 0 Å². The molecular formula is C13H20NSe+. The van der Waals surface area contributed by atoms with Gasteiger partial charge >= 0.3 is 99.1 Å². The molecule has 0 amide bonds. The first-order valence-corrected chi connectivity index (χ1v) is 7.87. The third kappa shape index (κ3) is 3.34. The van der Waals surface area contributed by atoms with Gasteiger partial charge in [-0.1, -0.05) is 0 Å². The van der Waals surface area contributed by atoms with Gasteiger partial charge < -0.3 is 0 Å². The maximum atomic E-state index is 2.43. The molecule has 0 bridgehead atoms. The van der Waals surface area contributed by atoms with Crippen LogP contribution in [0, 0.1) is 0 Å². The van der Waals surface area contributed by atoms with Crippen LogP contribution in [0.15, 0.2) is 30.3 Å². The Morgan fingerprint density at radius 3 is 2.40 bits per heavy atom. The Bertz CT molecular complexity index is 291. The van der Waals surface area contributed by atoms with E-state index in [1.165, 1.54) is 42.3 Å². The maximum absolute atomic E-state index is 2.43. The summed E-state index contributed by atoms with van der Waals surface area (Å²) in [7, 11) is 2.43. The van der Waals surface area contributed by atoms with Crippen molar-refractivity contribution in [2.24, 2.45) is 0 Å². The van der Waals surface area contributed by atoms with Crippen LogP contribution in [0.4, 0.5) is 0 Å². The van der Waals surface area contributed by atoms with Gasteiger partial charge in [-0.05, 0) is 0 Å². The molecule has 1 aliphatic heterocycles. The molecule has 0 N–H and O–H groups in total. The zero-order chi connectivity index (χ0) is 10.6. The van der Waals surface area contributed by atoms with Crippen LogP contribution < -0.4 is 4.46 Å². The van der Waals surface area contributed by atoms with Crippen LogP contribution in [-0.2, 0) is 0 Å². The first kappa shape index (κ1) is 11.2. The quantitative estimate of drug-likeness (QED) is 0.577. The first-order valence-electron chi connectivity index (χ1n) is 5.80. The molecule has 0 aliphatic carbocycles. The van der Waals surface area contributed by atoms with Crippen molar-refractivity contribution < 1.29 is 4.48 Å². The second kappa shape index (κ2) is 5.16. The SMILES string of the molecule is C[N+]1(C[Se]c2ccccc2)CCCCC1. The summed E-state index contributed by atoms with van der Waals surface area (Å²) in [5, 5.41) is 0. The van der Waals surface area contributed by atoms with Gasteiger partial charge in [0.1, 0.15) is 0 Å². The number of likely N-dealkylation sites (tertiary alicyclic amines) is 1. The topological polar surface area (TPSA) is 0 Å². The number of benzene rings is 1. The van der Waals surface area contributed by atoms with Gasteiger partial charge in [0.05, 0.1) is 0 Å². The van der Waals surface area contributed by atoms with Gasteiger partial charge in [0.2, 0.25) is 0 Å². The van der Waals surface area contributed by atoms with Crippen molar-refractivity contribution in [3.8, 4) is 0 Å². The van der Waals surface area contributed by atoms with E-state index < -0.39 is 0 Å². The van der Waals surface area contributed by atoms with Crippen LogP contribution in [0.25, 0.3) is 0 Å². The number of hydrogen-bond donors (Lipinski definition) is 0. The molecule has 1 fully saturated rings. The zero-order valence-electron chi connectivity index (χ0n) is 9.48. The van der Waals surface area contributed by atoms with E-state index in [0.29, 0.717) is 15.0 Å². The zero-order valence-corrected chi connectivity index (χ0v) is 11.2. The standard InChI is InChI=1S/C13H20NSe/c1-14(10-6-3-7-11-14)12-15-13-8-4-2-5-9-13/h2,4-5,8-9H,3,6-7,10-12H2,1H3/q+1. The third-order valence-electron chi connectivity index (χ3n) is 3.18. The fourth-order valence-electron chi connectivity index (χ4n) is 2.15. The van der Waals surface area contributed by atoms with Crippen LogP contribution in [0.2, 0.25) is 0 Å². The van der Waals surface area contributed by atoms with Gasteiger partial charge in [-0.25, -0.2) is 0 Å². The molecular weight excluding hydrogens is 249 g/mol. The molecule has 2 rings (SSSR count). The van der Waals surface area contributed by atoms with Crippen molar-refractivity contribution in [2.45, 2.75) is 19.3 Å². The molecule has 1 heterocycles. The Hall–Kier alpha value is -0.301. The molecule has 2 heteroatoms. The second-order valence-corrected chi connectivity index (χ2v) is 6.85. The van der Waals surface area contributed by atoms with E-state index in [4.69, 9.17) is 0 Å². The molecule has 1 nitrogen and oxygen atoms in total. The molecule has 0 radical (unpaired) electrons. The van der Waals surface area contributed by atoms with Gasteiger partial charge in [-0.15, -0.1) is 0 Å². The summed E-state index contributed by atoms with van der Waals surface area (Å²) in [6.45, 7) is 2.79. The Morgan fingerprint density at radius 2 is 1.73 bits per heavy atom. The van der Waals surface area contributed by atoms with Gasteiger partial charge in [0, 0.05) is 0 Å². The number of nitrogens with zero attached hydrogens (tertiary/aromatic N) is 1. The molecule has 0 unspecified atom stereocenters. The molecule has 1 aliphatic rings. The van der Waals surface area contributed by atoms with Crippen LogP contribution >= 0.6 is 0 Å². The summed E-state index contributed by atoms with van der Waals surface area (Å²) in [5.41, 5.74) is 1.37. The average Bonchev–Trinajstić information content (AvgIpc) is 2.29. The van der Waals surface area contributed by atoms with Crippen LogP contribution in [0.3, 0.4) is 0 Å². The van der Waals surface area contributed by atoms with E-state index in [0.717, 1.165) is 0 Å². The van der Waals surface area contributed by atoms with Crippen molar-refractivity contribution in [3.05, 3.63) is 30.3 Å². The Kier molecular flexibility index (Phi) is 3.85. The van der Waals surface area contributed by atoms with Crippen molar-refractivity contribution >= 4 is 19.4 Å². The van der Waals surface area contributed by atoms with Crippen molar-refractivity contribution in [1.82, 2.24) is 0 Å². The molecule has 0 spiro atoms. The van der Waals surface area contributed by atoms with Gasteiger partial charge in [0.25, 0.3) is 0 Å². The summed E-state index contributed by atoms with van der Waals surface area (Å²) < 4.78 is 2.87. The molecule has 1 saturated heterocycles. The normalized spacial score (nSPS) is 20.1. The predicted octanol–water partition coefficient (Wildman–Crippen LogP) is 1.60. The molecule has 15 heavy (non-hydrogen) atoms. The summed E-state index contributed by atoms with van der Waals surface area (Å²) in [6.07, 6.45) is 4.31. The van der Waals surface area contributed by atoms with E-state index in [1.54, 1.807) is 4.46 Å². The van der Waals surface area contributed by atoms with Crippen LogP contribution in [-0.4, -0.2) is 45.0 Å². The summed E-state index contributed by atoms with van der Waals surface area (Å²) >= 11 is 0.660. The van der Waals surface area contributed by atoms with E-state index in [9.17, 15) is 0 Å². The fourth-order valence-corrected chi connectivity index (χ4v) is 4.39. The van der Waals surface area contributed by atoms with Crippen LogP contribution in [0.1, 0.15) is 19.3 Å². The predicted molar refractivity (Wildman–Crippen MR) is 66.5 cm³/mol. The van der Waals surface area contributed by atoms with E-state index in [2.05, 4.69) is 37.4 Å². The van der Waals surface area contributed by atoms with Crippen molar-refractivity contribution in [1.29, 1.82) is 0 Å². The Labute approximate surface area is 99.2 Å². The number of piperidine rings is 1. The minimum absolute atomic E-state index is 0.660. The average molecular weight is 269 g/mol. The van der Waals surface area contributed by atoms with Gasteiger partial charge in [-0.2, -0.15) is 0 Å². The summed E-state index contributed by atoms with van der Waals surface area (Å²) in [5.74, 6) is 0.